The summed E-state index contributed by atoms with van der Waals surface area (Å²) in [5.41, 5.74) is 12.0. The average molecular weight is 454 g/mol. The van der Waals surface area contributed by atoms with E-state index in [-0.39, 0.29) is 30.8 Å². The number of hydrogen-bond donors (Lipinski definition) is 2. The highest BCUT2D eigenvalue weighted by atomic mass is 32.2. The molecule has 3 saturated carbocycles. The minimum absolute atomic E-state index is 0.0501. The second kappa shape index (κ2) is 7.14. The van der Waals surface area contributed by atoms with Crippen molar-refractivity contribution >= 4 is 17.3 Å². The van der Waals surface area contributed by atoms with E-state index in [4.69, 9.17) is 20.8 Å². The number of nitrogens with two attached hydrogens (primary N) is 2. The van der Waals surface area contributed by atoms with E-state index in [1.807, 2.05) is 6.92 Å². The third-order valence-electron chi connectivity index (χ3n) is 9.40. The second-order valence-corrected chi connectivity index (χ2v) is 13.8. The summed E-state index contributed by atoms with van der Waals surface area (Å²) in [4.78, 5) is 0. The predicted octanol–water partition coefficient (Wildman–Crippen LogP) is 1.03. The molecule has 4 N–H and O–H groups in total. The summed E-state index contributed by atoms with van der Waals surface area (Å²) >= 11 is 0. The fraction of sp³-hybridized carbons (Fsp3) is 1.00. The van der Waals surface area contributed by atoms with Crippen molar-refractivity contribution in [1.29, 1.82) is 0 Å². The fourth-order valence-electron chi connectivity index (χ4n) is 7.05. The van der Waals surface area contributed by atoms with Crippen LogP contribution in [0, 0.1) is 23.2 Å². The molecule has 0 radical (unpaired) electrons. The van der Waals surface area contributed by atoms with Crippen molar-refractivity contribution in [3.05, 3.63) is 0 Å². The van der Waals surface area contributed by atoms with Crippen LogP contribution in [0.1, 0.15) is 53.4 Å². The van der Waals surface area contributed by atoms with Gasteiger partial charge in [0.05, 0.1) is 11.7 Å². The van der Waals surface area contributed by atoms with E-state index in [2.05, 4.69) is 20.8 Å². The van der Waals surface area contributed by atoms with Gasteiger partial charge in [0.1, 0.15) is 0 Å². The van der Waals surface area contributed by atoms with Crippen molar-refractivity contribution in [3.63, 3.8) is 0 Å². The van der Waals surface area contributed by atoms with Crippen LogP contribution >= 0.6 is 0 Å². The third-order valence-corrected chi connectivity index (χ3v) is 11.3. The highest BCUT2D eigenvalue weighted by Crippen LogP contribution is 2.65. The van der Waals surface area contributed by atoms with Gasteiger partial charge in [0, 0.05) is 37.8 Å². The minimum atomic E-state index is -3.46. The van der Waals surface area contributed by atoms with Gasteiger partial charge in [0.2, 0.25) is 0 Å². The van der Waals surface area contributed by atoms with Gasteiger partial charge in [-0.15, -0.1) is 0 Å². The van der Waals surface area contributed by atoms with Crippen molar-refractivity contribution in [2.75, 3.05) is 26.2 Å². The van der Waals surface area contributed by atoms with Gasteiger partial charge in [-0.3, -0.25) is 0 Å². The molecule has 0 unspecified atom stereocenters. The Balaban J connectivity index is 1.14. The zero-order valence-corrected chi connectivity index (χ0v) is 20.2. The SMILES string of the molecule is CC1(C)[C@H]2C[C@@H]3OB(CCC[C@H]4CN(S(=O)(=O)N5CC(N)C5)C[C@]4(C)N)O[C@]3(C)[C@@H]1C2. The lowest BCUT2D eigenvalue weighted by Crippen LogP contribution is -2.65. The molecule has 3 heterocycles. The lowest BCUT2D eigenvalue weighted by Gasteiger charge is -2.64. The standard InChI is InChI=1S/C21H39BN4O4S/c1-19(2)15-8-17(19)21(4)18(9-15)29-22(30-21)7-5-6-14-10-26(13-20(14,3)24)31(27,28)25-11-16(23)12-25/h14-18H,5-13,23-24H2,1-4H3/t14-,15+,17+,18-,20-,21+/m0/s1. The summed E-state index contributed by atoms with van der Waals surface area (Å²) in [7, 11) is -3.61. The summed E-state index contributed by atoms with van der Waals surface area (Å²) in [5.74, 6) is 1.45. The minimum Gasteiger partial charge on any atom is -0.405 e. The fourth-order valence-corrected chi connectivity index (χ4v) is 8.95. The molecule has 0 aromatic heterocycles. The Morgan fingerprint density at radius 1 is 1.10 bits per heavy atom. The molecular weight excluding hydrogens is 415 g/mol. The molecule has 3 saturated heterocycles. The molecule has 6 aliphatic rings. The van der Waals surface area contributed by atoms with Crippen molar-refractivity contribution in [3.8, 4) is 0 Å². The van der Waals surface area contributed by atoms with E-state index in [0.717, 1.165) is 31.5 Å². The first-order chi connectivity index (χ1) is 14.3. The average Bonchev–Trinajstić information content (AvgIpc) is 3.14. The van der Waals surface area contributed by atoms with Gasteiger partial charge in [-0.25, -0.2) is 0 Å². The highest BCUT2D eigenvalue weighted by molar-refractivity contribution is 7.86. The topological polar surface area (TPSA) is 111 Å². The molecule has 0 amide bonds. The smallest absolute Gasteiger partial charge is 0.405 e. The second-order valence-electron chi connectivity index (χ2n) is 11.9. The Hall–Kier alpha value is -0.225. The number of rotatable bonds is 6. The molecule has 31 heavy (non-hydrogen) atoms. The van der Waals surface area contributed by atoms with Gasteiger partial charge in [-0.2, -0.15) is 17.0 Å². The van der Waals surface area contributed by atoms with Gasteiger partial charge >= 0.3 is 7.12 Å². The van der Waals surface area contributed by atoms with Crippen LogP contribution in [0.2, 0.25) is 6.32 Å². The number of hydrogen-bond acceptors (Lipinski definition) is 6. The molecule has 0 aromatic carbocycles. The highest BCUT2D eigenvalue weighted by Gasteiger charge is 2.67. The maximum atomic E-state index is 12.8. The van der Waals surface area contributed by atoms with Crippen LogP contribution in [-0.2, 0) is 19.5 Å². The molecule has 3 aliphatic carbocycles. The Bertz CT molecular complexity index is 833. The van der Waals surface area contributed by atoms with Gasteiger partial charge in [-0.05, 0) is 62.6 Å². The van der Waals surface area contributed by atoms with E-state index >= 15 is 0 Å². The molecule has 6 atom stereocenters. The molecule has 2 bridgehead atoms. The van der Waals surface area contributed by atoms with E-state index < -0.39 is 15.7 Å². The molecule has 6 rings (SSSR count). The first-order valence-corrected chi connectivity index (χ1v) is 13.4. The van der Waals surface area contributed by atoms with Crippen molar-refractivity contribution in [2.24, 2.45) is 34.6 Å². The first kappa shape index (κ1) is 22.6. The monoisotopic (exact) mass is 454 g/mol. The number of nitrogens with zero attached hydrogens (tertiary/aromatic N) is 2. The molecule has 0 spiro atoms. The molecule has 8 nitrogen and oxygen atoms in total. The van der Waals surface area contributed by atoms with Crippen LogP contribution in [0.25, 0.3) is 0 Å². The van der Waals surface area contributed by atoms with Gasteiger partial charge in [0.25, 0.3) is 10.2 Å². The summed E-state index contributed by atoms with van der Waals surface area (Å²) in [6, 6.07) is -0.0501. The lowest BCUT2D eigenvalue weighted by molar-refractivity contribution is -0.199. The van der Waals surface area contributed by atoms with E-state index in [1.54, 1.807) is 4.31 Å². The largest absolute Gasteiger partial charge is 0.457 e. The molecule has 176 valence electrons. The molecule has 10 heteroatoms. The quantitative estimate of drug-likeness (QED) is 0.580. The van der Waals surface area contributed by atoms with Crippen LogP contribution in [0.3, 0.4) is 0 Å². The summed E-state index contributed by atoms with van der Waals surface area (Å²) in [6.45, 7) is 10.6. The van der Waals surface area contributed by atoms with E-state index in [1.165, 1.54) is 10.7 Å². The Labute approximate surface area is 187 Å². The summed E-state index contributed by atoms with van der Waals surface area (Å²) in [5, 5.41) is 0. The summed E-state index contributed by atoms with van der Waals surface area (Å²) < 4.78 is 41.6. The Kier molecular flexibility index (Phi) is 5.19. The van der Waals surface area contributed by atoms with Crippen molar-refractivity contribution in [2.45, 2.75) is 83.0 Å². The molecule has 6 fully saturated rings. The maximum Gasteiger partial charge on any atom is 0.457 e. The first-order valence-electron chi connectivity index (χ1n) is 12.0. The third kappa shape index (κ3) is 3.43. The molecule has 0 aromatic rings. The maximum absolute atomic E-state index is 12.8. The predicted molar refractivity (Wildman–Crippen MR) is 120 cm³/mol. The zero-order chi connectivity index (χ0) is 22.4. The van der Waals surface area contributed by atoms with Crippen LogP contribution in [0.5, 0.6) is 0 Å². The van der Waals surface area contributed by atoms with Gasteiger partial charge in [0.15, 0.2) is 0 Å². The van der Waals surface area contributed by atoms with Crippen LogP contribution < -0.4 is 11.5 Å². The van der Waals surface area contributed by atoms with Gasteiger partial charge < -0.3 is 20.8 Å². The van der Waals surface area contributed by atoms with Crippen molar-refractivity contribution < 1.29 is 17.7 Å². The van der Waals surface area contributed by atoms with Crippen LogP contribution in [0.4, 0.5) is 0 Å². The van der Waals surface area contributed by atoms with Gasteiger partial charge in [-0.1, -0.05) is 20.3 Å². The summed E-state index contributed by atoms with van der Waals surface area (Å²) in [6.07, 6.45) is 5.21. The van der Waals surface area contributed by atoms with Crippen LogP contribution in [0.15, 0.2) is 0 Å². The molecular formula is C21H39BN4O4S. The molecule has 3 aliphatic heterocycles. The zero-order valence-electron chi connectivity index (χ0n) is 19.4. The lowest BCUT2D eigenvalue weighted by atomic mass is 9.43. The van der Waals surface area contributed by atoms with E-state index in [0.29, 0.717) is 37.5 Å². The van der Waals surface area contributed by atoms with E-state index in [9.17, 15) is 8.42 Å². The Morgan fingerprint density at radius 3 is 2.45 bits per heavy atom. The van der Waals surface area contributed by atoms with Crippen molar-refractivity contribution in [1.82, 2.24) is 8.61 Å². The van der Waals surface area contributed by atoms with Crippen LogP contribution in [-0.4, -0.2) is 73.6 Å². The normalized spacial score (nSPS) is 45.4. The Morgan fingerprint density at radius 2 is 1.81 bits per heavy atom.